The lowest BCUT2D eigenvalue weighted by Gasteiger charge is -2.15. The van der Waals surface area contributed by atoms with Crippen LogP contribution in [0, 0.1) is 5.82 Å². The lowest BCUT2D eigenvalue weighted by molar-refractivity contribution is 0.475. The number of hydrogen-bond donors (Lipinski definition) is 1. The van der Waals surface area contributed by atoms with Gasteiger partial charge in [-0.25, -0.2) is 9.37 Å². The SMILES string of the molecule is CC(Cn1ccnc1)NCc1ccc(F)cc1Br. The van der Waals surface area contributed by atoms with E-state index in [0.29, 0.717) is 12.6 Å². The first-order valence-corrected chi connectivity index (χ1v) is 6.57. The molecule has 0 saturated carbocycles. The Kier molecular flexibility index (Phi) is 4.49. The fourth-order valence-electron chi connectivity index (χ4n) is 1.72. The van der Waals surface area contributed by atoms with Crippen LogP contribution in [-0.2, 0) is 13.1 Å². The summed E-state index contributed by atoms with van der Waals surface area (Å²) in [5.41, 5.74) is 1.05. The Morgan fingerprint density at radius 1 is 1.50 bits per heavy atom. The van der Waals surface area contributed by atoms with E-state index >= 15 is 0 Å². The lowest BCUT2D eigenvalue weighted by atomic mass is 10.2. The molecule has 96 valence electrons. The van der Waals surface area contributed by atoms with Crippen molar-refractivity contribution in [1.82, 2.24) is 14.9 Å². The molecule has 1 atom stereocenters. The van der Waals surface area contributed by atoms with Crippen LogP contribution in [-0.4, -0.2) is 15.6 Å². The molecule has 0 saturated heterocycles. The maximum atomic E-state index is 12.9. The fraction of sp³-hybridized carbons (Fsp3) is 0.308. The van der Waals surface area contributed by atoms with Crippen molar-refractivity contribution in [3.05, 3.63) is 52.8 Å². The Labute approximate surface area is 114 Å². The number of hydrogen-bond acceptors (Lipinski definition) is 2. The number of halogens is 2. The minimum absolute atomic E-state index is 0.225. The lowest BCUT2D eigenvalue weighted by Crippen LogP contribution is -2.29. The van der Waals surface area contributed by atoms with Gasteiger partial charge in [0.1, 0.15) is 5.82 Å². The zero-order valence-corrected chi connectivity index (χ0v) is 11.7. The minimum atomic E-state index is -0.225. The van der Waals surface area contributed by atoms with Gasteiger partial charge in [0.25, 0.3) is 0 Å². The second-order valence-electron chi connectivity index (χ2n) is 4.28. The smallest absolute Gasteiger partial charge is 0.124 e. The van der Waals surface area contributed by atoms with Gasteiger partial charge in [-0.3, -0.25) is 0 Å². The van der Waals surface area contributed by atoms with Crippen molar-refractivity contribution in [2.45, 2.75) is 26.1 Å². The molecule has 3 nitrogen and oxygen atoms in total. The van der Waals surface area contributed by atoms with Crippen molar-refractivity contribution in [1.29, 1.82) is 0 Å². The second-order valence-corrected chi connectivity index (χ2v) is 5.13. The van der Waals surface area contributed by atoms with E-state index in [4.69, 9.17) is 0 Å². The highest BCUT2D eigenvalue weighted by Crippen LogP contribution is 2.17. The van der Waals surface area contributed by atoms with Crippen molar-refractivity contribution in [3.8, 4) is 0 Å². The van der Waals surface area contributed by atoms with Crippen LogP contribution in [0.25, 0.3) is 0 Å². The second kappa shape index (κ2) is 6.11. The molecule has 2 aromatic rings. The van der Waals surface area contributed by atoms with E-state index in [9.17, 15) is 4.39 Å². The van der Waals surface area contributed by atoms with Crippen molar-refractivity contribution in [2.75, 3.05) is 0 Å². The van der Waals surface area contributed by atoms with E-state index in [-0.39, 0.29) is 5.82 Å². The zero-order valence-electron chi connectivity index (χ0n) is 10.1. The predicted molar refractivity (Wildman–Crippen MR) is 72.6 cm³/mol. The first kappa shape index (κ1) is 13.2. The van der Waals surface area contributed by atoms with Crippen LogP contribution in [0.15, 0.2) is 41.4 Å². The van der Waals surface area contributed by atoms with Crippen LogP contribution in [0.2, 0.25) is 0 Å². The topological polar surface area (TPSA) is 29.9 Å². The van der Waals surface area contributed by atoms with Gasteiger partial charge in [0.2, 0.25) is 0 Å². The van der Waals surface area contributed by atoms with Gasteiger partial charge < -0.3 is 9.88 Å². The number of benzene rings is 1. The molecule has 1 unspecified atom stereocenters. The average molecular weight is 312 g/mol. The van der Waals surface area contributed by atoms with Gasteiger partial charge in [-0.2, -0.15) is 0 Å². The molecule has 1 aromatic heterocycles. The molecule has 0 radical (unpaired) electrons. The Morgan fingerprint density at radius 3 is 3.00 bits per heavy atom. The van der Waals surface area contributed by atoms with Gasteiger partial charge in [0.15, 0.2) is 0 Å². The van der Waals surface area contributed by atoms with Crippen LogP contribution in [0.3, 0.4) is 0 Å². The van der Waals surface area contributed by atoms with Crippen molar-refractivity contribution < 1.29 is 4.39 Å². The number of aromatic nitrogens is 2. The predicted octanol–water partition coefficient (Wildman–Crippen LogP) is 2.96. The van der Waals surface area contributed by atoms with Crippen molar-refractivity contribution in [2.24, 2.45) is 0 Å². The standard InChI is InChI=1S/C13H15BrFN3/c1-10(8-18-5-4-16-9-18)17-7-11-2-3-12(15)6-13(11)14/h2-6,9-10,17H,7-8H2,1H3. The van der Waals surface area contributed by atoms with Gasteiger partial charge in [0.05, 0.1) is 6.33 Å². The summed E-state index contributed by atoms with van der Waals surface area (Å²) in [6, 6.07) is 5.06. The van der Waals surface area contributed by atoms with Crippen LogP contribution in [0.4, 0.5) is 4.39 Å². The highest BCUT2D eigenvalue weighted by Gasteiger charge is 2.05. The summed E-state index contributed by atoms with van der Waals surface area (Å²) in [6.45, 7) is 3.67. The summed E-state index contributed by atoms with van der Waals surface area (Å²) in [7, 11) is 0. The van der Waals surface area contributed by atoms with Gasteiger partial charge >= 0.3 is 0 Å². The van der Waals surface area contributed by atoms with Crippen molar-refractivity contribution >= 4 is 15.9 Å². The minimum Gasteiger partial charge on any atom is -0.336 e. The van der Waals surface area contributed by atoms with E-state index < -0.39 is 0 Å². The maximum absolute atomic E-state index is 12.9. The molecule has 18 heavy (non-hydrogen) atoms. The highest BCUT2D eigenvalue weighted by atomic mass is 79.9. The molecule has 0 aliphatic carbocycles. The summed E-state index contributed by atoms with van der Waals surface area (Å²) < 4.78 is 15.8. The van der Waals surface area contributed by atoms with Crippen LogP contribution < -0.4 is 5.32 Å². The zero-order chi connectivity index (χ0) is 13.0. The molecule has 1 heterocycles. The Morgan fingerprint density at radius 2 is 2.33 bits per heavy atom. The Hall–Kier alpha value is -1.20. The summed E-state index contributed by atoms with van der Waals surface area (Å²) in [4.78, 5) is 4.00. The van der Waals surface area contributed by atoms with Gasteiger partial charge in [0, 0.05) is 36.0 Å². The van der Waals surface area contributed by atoms with E-state index in [0.717, 1.165) is 16.6 Å². The highest BCUT2D eigenvalue weighted by molar-refractivity contribution is 9.10. The summed E-state index contributed by atoms with van der Waals surface area (Å²) in [5.74, 6) is -0.225. The fourth-order valence-corrected chi connectivity index (χ4v) is 2.22. The van der Waals surface area contributed by atoms with Gasteiger partial charge in [-0.15, -0.1) is 0 Å². The van der Waals surface area contributed by atoms with Gasteiger partial charge in [-0.1, -0.05) is 22.0 Å². The third-order valence-electron chi connectivity index (χ3n) is 2.70. The van der Waals surface area contributed by atoms with Crippen LogP contribution in [0.5, 0.6) is 0 Å². The normalized spacial score (nSPS) is 12.6. The maximum Gasteiger partial charge on any atom is 0.124 e. The molecule has 2 rings (SSSR count). The summed E-state index contributed by atoms with van der Waals surface area (Å²) in [6.07, 6.45) is 5.50. The molecule has 1 N–H and O–H groups in total. The molecular formula is C13H15BrFN3. The third kappa shape index (κ3) is 3.65. The molecule has 0 aliphatic rings. The van der Waals surface area contributed by atoms with E-state index in [1.165, 1.54) is 12.1 Å². The van der Waals surface area contributed by atoms with Crippen LogP contribution in [0.1, 0.15) is 12.5 Å². The Balaban J connectivity index is 1.87. The largest absolute Gasteiger partial charge is 0.336 e. The number of rotatable bonds is 5. The number of imidazole rings is 1. The number of nitrogens with one attached hydrogen (secondary N) is 1. The van der Waals surface area contributed by atoms with E-state index in [1.54, 1.807) is 18.6 Å². The summed E-state index contributed by atoms with van der Waals surface area (Å²) >= 11 is 3.36. The average Bonchev–Trinajstić information content (AvgIpc) is 2.80. The third-order valence-corrected chi connectivity index (χ3v) is 3.44. The first-order chi connectivity index (χ1) is 8.65. The summed E-state index contributed by atoms with van der Waals surface area (Å²) in [5, 5.41) is 3.40. The molecule has 0 aliphatic heterocycles. The molecule has 1 aromatic carbocycles. The van der Waals surface area contributed by atoms with E-state index in [2.05, 4.69) is 33.2 Å². The molecule has 0 bridgehead atoms. The monoisotopic (exact) mass is 311 g/mol. The van der Waals surface area contributed by atoms with Crippen LogP contribution >= 0.6 is 15.9 Å². The molecule has 5 heteroatoms. The van der Waals surface area contributed by atoms with Crippen molar-refractivity contribution in [3.63, 3.8) is 0 Å². The van der Waals surface area contributed by atoms with E-state index in [1.807, 2.05) is 10.8 Å². The molecule has 0 amide bonds. The molecule has 0 fully saturated rings. The Bertz CT molecular complexity index is 499. The quantitative estimate of drug-likeness (QED) is 0.920. The molecule has 0 spiro atoms. The number of nitrogens with zero attached hydrogens (tertiary/aromatic N) is 2. The molecular weight excluding hydrogens is 297 g/mol. The van der Waals surface area contributed by atoms with Gasteiger partial charge in [-0.05, 0) is 24.6 Å². The first-order valence-electron chi connectivity index (χ1n) is 5.78.